The number of halogens is 1. The molecule has 7 aromatic carbocycles. The van der Waals surface area contributed by atoms with Gasteiger partial charge in [0.05, 0.1) is 42.7 Å². The first-order valence-electron chi connectivity index (χ1n) is 32.6. The van der Waals surface area contributed by atoms with Crippen LogP contribution in [0.3, 0.4) is 0 Å². The lowest BCUT2D eigenvalue weighted by molar-refractivity contribution is 0.0234. The Morgan fingerprint density at radius 2 is 0.798 bits per heavy atom. The number of methoxy groups -OCH3 is 2. The molecule has 0 radical (unpaired) electrons. The summed E-state index contributed by atoms with van der Waals surface area (Å²) in [6, 6.07) is 71.0. The minimum Gasteiger partial charge on any atom is -0.465 e. The molecular formula is C81H86IN7O10. The Morgan fingerprint density at radius 3 is 1.29 bits per heavy atom. The summed E-state index contributed by atoms with van der Waals surface area (Å²) in [5.74, 6) is -0.894. The Kier molecular flexibility index (Phi) is 36.7. The van der Waals surface area contributed by atoms with E-state index in [9.17, 15) is 29.2 Å². The number of ether oxygens (including phenoxy) is 2. The zero-order valence-electron chi connectivity index (χ0n) is 58.0. The van der Waals surface area contributed by atoms with Crippen molar-refractivity contribution in [2.24, 2.45) is 0 Å². The minimum atomic E-state index is -0.443. The molecule has 0 saturated heterocycles. The van der Waals surface area contributed by atoms with E-state index in [0.717, 1.165) is 58.5 Å². The highest BCUT2D eigenvalue weighted by atomic mass is 127. The summed E-state index contributed by atoms with van der Waals surface area (Å²) in [6.07, 6.45) is 10.1. The van der Waals surface area contributed by atoms with Crippen LogP contribution in [0, 0.1) is 3.57 Å². The molecule has 17 nitrogen and oxygen atoms in total. The van der Waals surface area contributed by atoms with Crippen molar-refractivity contribution in [1.82, 2.24) is 34.9 Å². The fourth-order valence-electron chi connectivity index (χ4n) is 9.15. The third kappa shape index (κ3) is 23.0. The van der Waals surface area contributed by atoms with Crippen LogP contribution in [0.15, 0.2) is 277 Å². The zero-order valence-corrected chi connectivity index (χ0v) is 60.2. The van der Waals surface area contributed by atoms with Crippen LogP contribution < -0.4 is 21.4 Å². The van der Waals surface area contributed by atoms with Crippen LogP contribution >= 0.6 is 22.6 Å². The molecule has 13 aromatic rings. The zero-order chi connectivity index (χ0) is 72.3. The SMILES string of the molecule is CC.CC.CC.CC.CC.COC(=O)c1ccccc1-c1cccnc1.COC(=O)c1ccccc1I.O=C(NOCc1ccccc1)c1ccccc1-c1cccnc1.O=c1c2ccccc2c2cccnc2n1O.O=c1c2ccccc2c2cccnc2n1OCc1ccccc1. The summed E-state index contributed by atoms with van der Waals surface area (Å²) in [5, 5.41) is 14.2. The molecule has 6 aromatic heterocycles. The first kappa shape index (κ1) is 80.2. The van der Waals surface area contributed by atoms with Crippen LogP contribution in [0.2, 0.25) is 0 Å². The summed E-state index contributed by atoms with van der Waals surface area (Å²) in [4.78, 5) is 87.1. The van der Waals surface area contributed by atoms with E-state index in [1.807, 2.05) is 263 Å². The van der Waals surface area contributed by atoms with Crippen molar-refractivity contribution < 1.29 is 38.7 Å². The molecule has 2 N–H and O–H groups in total. The maximum Gasteiger partial charge on any atom is 0.338 e. The smallest absolute Gasteiger partial charge is 0.338 e. The van der Waals surface area contributed by atoms with Crippen LogP contribution in [0.4, 0.5) is 0 Å². The van der Waals surface area contributed by atoms with Crippen LogP contribution in [0.1, 0.15) is 111 Å². The molecule has 512 valence electrons. The van der Waals surface area contributed by atoms with Gasteiger partial charge in [-0.25, -0.2) is 25.0 Å². The monoisotopic (exact) mass is 1440 g/mol. The highest BCUT2D eigenvalue weighted by Gasteiger charge is 2.16. The van der Waals surface area contributed by atoms with Gasteiger partial charge in [0.15, 0.2) is 11.3 Å². The summed E-state index contributed by atoms with van der Waals surface area (Å²) in [7, 11) is 2.76. The first-order valence-corrected chi connectivity index (χ1v) is 33.6. The van der Waals surface area contributed by atoms with Crippen LogP contribution in [0.5, 0.6) is 0 Å². The minimum absolute atomic E-state index is 0.192. The Balaban J connectivity index is 0.000000259. The number of benzene rings is 7. The first-order chi connectivity index (χ1) is 48.6. The summed E-state index contributed by atoms with van der Waals surface area (Å²) >= 11 is 2.10. The number of nitrogens with one attached hydrogen (secondary N) is 1. The number of hydrogen-bond acceptors (Lipinski definition) is 14. The quantitative estimate of drug-likeness (QED) is 0.0405. The maximum absolute atomic E-state index is 12.8. The normalized spacial score (nSPS) is 9.63. The summed E-state index contributed by atoms with van der Waals surface area (Å²) in [5.41, 5.74) is 9.85. The van der Waals surface area contributed by atoms with Crippen LogP contribution in [0.25, 0.3) is 65.9 Å². The van der Waals surface area contributed by atoms with Gasteiger partial charge >= 0.3 is 11.9 Å². The average molecular weight is 1440 g/mol. The van der Waals surface area contributed by atoms with E-state index in [4.69, 9.17) is 14.4 Å². The Bertz CT molecular complexity index is 4660. The number of pyridine rings is 6. The second kappa shape index (κ2) is 45.3. The van der Waals surface area contributed by atoms with E-state index in [0.29, 0.717) is 51.1 Å². The van der Waals surface area contributed by atoms with Gasteiger partial charge in [-0.05, 0) is 128 Å². The molecule has 0 aliphatic carbocycles. The fourth-order valence-corrected chi connectivity index (χ4v) is 9.76. The lowest BCUT2D eigenvalue weighted by Gasteiger charge is -2.13. The third-order valence-electron chi connectivity index (χ3n) is 13.4. The summed E-state index contributed by atoms with van der Waals surface area (Å²) in [6.45, 7) is 20.6. The average Bonchev–Trinajstić information content (AvgIpc) is 0.769. The molecule has 99 heavy (non-hydrogen) atoms. The molecule has 0 bridgehead atoms. The molecule has 0 aliphatic rings. The lowest BCUT2D eigenvalue weighted by Crippen LogP contribution is -2.27. The van der Waals surface area contributed by atoms with E-state index in [1.54, 1.807) is 73.6 Å². The Morgan fingerprint density at radius 1 is 0.414 bits per heavy atom. The molecule has 0 spiro atoms. The van der Waals surface area contributed by atoms with Gasteiger partial charge < -0.3 is 19.5 Å². The lowest BCUT2D eigenvalue weighted by atomic mass is 10.0. The van der Waals surface area contributed by atoms with Gasteiger partial charge in [0.25, 0.3) is 17.0 Å². The number of esters is 2. The number of hydrogen-bond donors (Lipinski definition) is 2. The standard InChI is InChI=1S/C19H14N2O2.C19H16N2O2.C13H11NO2.C12H8N2O2.C8H7IO2.5C2H6/c22-19-17-10-5-4-9-15(17)16-11-6-12-20-18(16)21(19)23-13-14-7-2-1-3-8-14;22-19(21-23-14-15-7-2-1-3-8-15)18-11-5-4-10-17(18)16-9-6-12-20-13-16;1-16-13(15)12-7-3-2-6-11(12)10-5-4-8-14-9-10;15-12-10-5-2-1-4-8(10)9-6-3-7-13-11(9)14(12)16;1-11-8(10)6-4-2-3-5-7(6)9;5*1-2/h1-12H,13H2;1-13H,14H2,(H,21,22);2-9H,1H3;1-7,16H;2-5H,1H3;5*1-2H3. The number of fused-ring (bicyclic) bond motifs is 6. The van der Waals surface area contributed by atoms with E-state index < -0.39 is 5.56 Å². The van der Waals surface area contributed by atoms with Crippen molar-refractivity contribution >= 4 is 84.0 Å². The predicted octanol–water partition coefficient (Wildman–Crippen LogP) is 18.3. The number of amides is 1. The molecule has 1 amide bonds. The summed E-state index contributed by atoms with van der Waals surface area (Å²) < 4.78 is 12.1. The number of aromatic nitrogens is 6. The second-order valence-corrected chi connectivity index (χ2v) is 20.2. The number of rotatable bonds is 11. The van der Waals surface area contributed by atoms with Gasteiger partial charge in [0, 0.05) is 68.2 Å². The molecular weight excluding hydrogens is 1360 g/mol. The van der Waals surface area contributed by atoms with E-state index in [1.165, 1.54) is 19.0 Å². The van der Waals surface area contributed by atoms with Crippen molar-refractivity contribution in [1.29, 1.82) is 0 Å². The molecule has 6 heterocycles. The van der Waals surface area contributed by atoms with Crippen molar-refractivity contribution in [2.45, 2.75) is 82.5 Å². The maximum atomic E-state index is 12.8. The highest BCUT2D eigenvalue weighted by molar-refractivity contribution is 14.1. The molecule has 0 saturated carbocycles. The number of carbonyl (C=O) groups excluding carboxylic acids is 3. The molecule has 0 fully saturated rings. The van der Waals surface area contributed by atoms with E-state index in [2.05, 4.69) is 52.7 Å². The Hall–Kier alpha value is -11.2. The molecule has 0 atom stereocenters. The molecule has 18 heteroatoms. The van der Waals surface area contributed by atoms with Gasteiger partial charge in [-0.1, -0.05) is 227 Å². The number of hydroxylamine groups is 1. The highest BCUT2D eigenvalue weighted by Crippen LogP contribution is 2.26. The van der Waals surface area contributed by atoms with Crippen molar-refractivity contribution in [3.8, 4) is 22.3 Å². The topological polar surface area (TPSA) is 216 Å². The van der Waals surface area contributed by atoms with E-state index >= 15 is 0 Å². The van der Waals surface area contributed by atoms with Crippen LogP contribution in [-0.2, 0) is 27.5 Å². The third-order valence-corrected chi connectivity index (χ3v) is 14.4. The molecule has 0 unspecified atom stereocenters. The fraction of sp³-hybridized carbons (Fsp3) is 0.173. The molecule has 0 aliphatic heterocycles. The number of carbonyl (C=O) groups is 3. The van der Waals surface area contributed by atoms with Gasteiger partial charge in [-0.3, -0.25) is 29.2 Å². The van der Waals surface area contributed by atoms with Crippen molar-refractivity contribution in [3.63, 3.8) is 0 Å². The number of nitrogens with zero attached hydrogens (tertiary/aromatic N) is 6. The van der Waals surface area contributed by atoms with Crippen LogP contribution in [-0.4, -0.2) is 66.7 Å². The van der Waals surface area contributed by atoms with Gasteiger partial charge in [-0.2, -0.15) is 0 Å². The largest absolute Gasteiger partial charge is 0.465 e. The van der Waals surface area contributed by atoms with Gasteiger partial charge in [0.1, 0.15) is 6.61 Å². The van der Waals surface area contributed by atoms with Gasteiger partial charge in [-0.15, -0.1) is 9.46 Å². The van der Waals surface area contributed by atoms with E-state index in [-0.39, 0.29) is 29.1 Å². The second-order valence-electron chi connectivity index (χ2n) is 19.1. The van der Waals surface area contributed by atoms with Crippen molar-refractivity contribution in [3.05, 3.63) is 320 Å². The predicted molar refractivity (Wildman–Crippen MR) is 408 cm³/mol. The Labute approximate surface area is 592 Å². The van der Waals surface area contributed by atoms with Crippen molar-refractivity contribution in [2.75, 3.05) is 14.2 Å². The molecule has 13 rings (SSSR count). The van der Waals surface area contributed by atoms with Gasteiger partial charge in [0.2, 0.25) is 0 Å².